The van der Waals surface area contributed by atoms with Gasteiger partial charge in [0.05, 0.1) is 11.1 Å². The molecule has 0 saturated carbocycles. The average Bonchev–Trinajstić information content (AvgIpc) is 3.24. The third kappa shape index (κ3) is 3.80. The van der Waals surface area contributed by atoms with Gasteiger partial charge in [-0.2, -0.15) is 24.9 Å². The first-order valence-corrected chi connectivity index (χ1v) is 11.3. The molecule has 11 heteroatoms. The molecular formula is C20H21F3N6OS. The minimum Gasteiger partial charge on any atom is -0.507 e. The van der Waals surface area contributed by atoms with Gasteiger partial charge < -0.3 is 10.4 Å². The molecule has 1 aromatic carbocycles. The molecule has 3 aromatic rings. The van der Waals surface area contributed by atoms with Crippen LogP contribution < -0.4 is 5.32 Å². The molecule has 0 aliphatic carbocycles. The summed E-state index contributed by atoms with van der Waals surface area (Å²) in [7, 11) is 0. The van der Waals surface area contributed by atoms with Gasteiger partial charge in [0.1, 0.15) is 5.75 Å². The van der Waals surface area contributed by atoms with Crippen molar-refractivity contribution < 1.29 is 18.3 Å². The number of piperidine rings is 1. The number of fused-ring (bicyclic) bond motifs is 2. The van der Waals surface area contributed by atoms with Crippen molar-refractivity contribution in [3.05, 3.63) is 36.2 Å². The highest BCUT2D eigenvalue weighted by atomic mass is 32.2. The Labute approximate surface area is 180 Å². The molecule has 31 heavy (non-hydrogen) atoms. The fraction of sp³-hybridized carbons (Fsp3) is 0.450. The van der Waals surface area contributed by atoms with E-state index in [1.54, 1.807) is 16.8 Å². The smallest absolute Gasteiger partial charge is 0.416 e. The highest BCUT2D eigenvalue weighted by Gasteiger charge is 2.34. The predicted molar refractivity (Wildman–Crippen MR) is 112 cm³/mol. The molecule has 5 rings (SSSR count). The van der Waals surface area contributed by atoms with Gasteiger partial charge in [-0.3, -0.25) is 9.30 Å². The Morgan fingerprint density at radius 3 is 2.87 bits per heavy atom. The average molecular weight is 450 g/mol. The van der Waals surface area contributed by atoms with Crippen molar-refractivity contribution in [2.45, 2.75) is 31.1 Å². The fourth-order valence-electron chi connectivity index (χ4n) is 4.37. The number of nitrogens with one attached hydrogen (secondary N) is 1. The molecule has 2 fully saturated rings. The number of alkyl halides is 3. The molecule has 2 aliphatic heterocycles. The van der Waals surface area contributed by atoms with Crippen molar-refractivity contribution in [1.82, 2.24) is 24.5 Å². The molecule has 2 unspecified atom stereocenters. The van der Waals surface area contributed by atoms with E-state index in [9.17, 15) is 18.3 Å². The van der Waals surface area contributed by atoms with Gasteiger partial charge in [0.25, 0.3) is 0 Å². The highest BCUT2D eigenvalue weighted by molar-refractivity contribution is 7.99. The number of hydrogen-bond donors (Lipinski definition) is 2. The van der Waals surface area contributed by atoms with Crippen molar-refractivity contribution >= 4 is 23.2 Å². The van der Waals surface area contributed by atoms with Crippen molar-refractivity contribution in [3.63, 3.8) is 0 Å². The maximum Gasteiger partial charge on any atom is 0.416 e. The molecule has 0 radical (unpaired) electrons. The summed E-state index contributed by atoms with van der Waals surface area (Å²) < 4.78 is 40.4. The van der Waals surface area contributed by atoms with E-state index in [1.807, 2.05) is 11.8 Å². The molecule has 2 atom stereocenters. The summed E-state index contributed by atoms with van der Waals surface area (Å²) in [5, 5.41) is 22.3. The molecule has 4 heterocycles. The van der Waals surface area contributed by atoms with E-state index in [2.05, 4.69) is 25.4 Å². The van der Waals surface area contributed by atoms with Crippen molar-refractivity contribution in [2.24, 2.45) is 0 Å². The minimum atomic E-state index is -4.54. The topological polar surface area (TPSA) is 78.6 Å². The van der Waals surface area contributed by atoms with Gasteiger partial charge in [-0.15, -0.1) is 10.2 Å². The number of phenols is 1. The Hall–Kier alpha value is -2.53. The second kappa shape index (κ2) is 7.86. The first-order chi connectivity index (χ1) is 14.9. The molecule has 0 amide bonds. The van der Waals surface area contributed by atoms with Crippen LogP contribution in [0.2, 0.25) is 0 Å². The Kier molecular flexibility index (Phi) is 5.17. The van der Waals surface area contributed by atoms with E-state index in [0.29, 0.717) is 23.6 Å². The standard InChI is InChI=1S/C20H21F3N6OS/c21-20(22,23)12-3-4-13(16(30)10-12)18-27-26-17(19-24-5-7-29(18)19)25-14-2-1-6-28-8-9-31-11-15(14)28/h3-5,7,10,14-15,30H,1-2,6,8-9,11H2,(H,25,26). The summed E-state index contributed by atoms with van der Waals surface area (Å²) in [6.45, 7) is 2.20. The van der Waals surface area contributed by atoms with Crippen LogP contribution >= 0.6 is 11.8 Å². The first-order valence-electron chi connectivity index (χ1n) is 10.1. The maximum absolute atomic E-state index is 12.9. The van der Waals surface area contributed by atoms with Crippen LogP contribution in [0.15, 0.2) is 30.6 Å². The van der Waals surface area contributed by atoms with Crippen LogP contribution in [0.25, 0.3) is 17.0 Å². The third-order valence-electron chi connectivity index (χ3n) is 5.92. The lowest BCUT2D eigenvalue weighted by atomic mass is 9.97. The normalized spacial score (nSPS) is 22.4. The van der Waals surface area contributed by atoms with Crippen molar-refractivity contribution in [1.29, 1.82) is 0 Å². The molecule has 7 nitrogen and oxygen atoms in total. The van der Waals surface area contributed by atoms with E-state index in [-0.39, 0.29) is 17.4 Å². The number of nitrogens with zero attached hydrogens (tertiary/aromatic N) is 5. The van der Waals surface area contributed by atoms with Gasteiger partial charge in [-0.25, -0.2) is 4.98 Å². The Morgan fingerprint density at radius 2 is 2.06 bits per heavy atom. The van der Waals surface area contributed by atoms with Gasteiger partial charge in [-0.1, -0.05) is 0 Å². The summed E-state index contributed by atoms with van der Waals surface area (Å²) >= 11 is 1.96. The number of aromatic hydroxyl groups is 1. The van der Waals surface area contributed by atoms with Gasteiger partial charge in [0, 0.05) is 42.5 Å². The summed E-state index contributed by atoms with van der Waals surface area (Å²) in [5.74, 6) is 2.46. The maximum atomic E-state index is 12.9. The molecule has 2 saturated heterocycles. The molecule has 0 bridgehead atoms. The van der Waals surface area contributed by atoms with E-state index in [0.717, 1.165) is 43.5 Å². The zero-order valence-corrected chi connectivity index (χ0v) is 17.3. The van der Waals surface area contributed by atoms with E-state index in [1.165, 1.54) is 6.07 Å². The zero-order valence-electron chi connectivity index (χ0n) is 16.5. The van der Waals surface area contributed by atoms with Crippen LogP contribution in [0.1, 0.15) is 18.4 Å². The lowest BCUT2D eigenvalue weighted by molar-refractivity contribution is -0.137. The van der Waals surface area contributed by atoms with Crippen molar-refractivity contribution in [2.75, 3.05) is 29.9 Å². The Morgan fingerprint density at radius 1 is 1.19 bits per heavy atom. The summed E-state index contributed by atoms with van der Waals surface area (Å²) in [5.41, 5.74) is -0.249. The second-order valence-electron chi connectivity index (χ2n) is 7.79. The lowest BCUT2D eigenvalue weighted by Gasteiger charge is -2.44. The monoisotopic (exact) mass is 450 g/mol. The van der Waals surface area contributed by atoms with E-state index < -0.39 is 17.5 Å². The highest BCUT2D eigenvalue weighted by Crippen LogP contribution is 2.36. The van der Waals surface area contributed by atoms with E-state index in [4.69, 9.17) is 0 Å². The zero-order chi connectivity index (χ0) is 21.6. The number of hydrogen-bond acceptors (Lipinski definition) is 7. The number of phenolic OH excluding ortho intramolecular Hbond substituents is 1. The number of rotatable bonds is 3. The lowest BCUT2D eigenvalue weighted by Crippen LogP contribution is -2.55. The van der Waals surface area contributed by atoms with Gasteiger partial charge in [-0.05, 0) is 37.6 Å². The molecular weight excluding hydrogens is 429 g/mol. The van der Waals surface area contributed by atoms with Gasteiger partial charge >= 0.3 is 6.18 Å². The Bertz CT molecular complexity index is 1100. The number of anilines is 1. The minimum absolute atomic E-state index is 0.155. The first kappa shape index (κ1) is 20.4. The summed E-state index contributed by atoms with van der Waals surface area (Å²) in [6, 6.07) is 3.46. The summed E-state index contributed by atoms with van der Waals surface area (Å²) in [4.78, 5) is 6.89. The number of imidazole rings is 1. The molecule has 2 N–H and O–H groups in total. The quantitative estimate of drug-likeness (QED) is 0.632. The van der Waals surface area contributed by atoms with Crippen LogP contribution in [0.5, 0.6) is 5.75 Å². The fourth-order valence-corrected chi connectivity index (χ4v) is 5.58. The van der Waals surface area contributed by atoms with Crippen LogP contribution in [0, 0.1) is 0 Å². The van der Waals surface area contributed by atoms with Gasteiger partial charge in [0.15, 0.2) is 17.3 Å². The molecule has 164 valence electrons. The van der Waals surface area contributed by atoms with Gasteiger partial charge in [0.2, 0.25) is 0 Å². The van der Waals surface area contributed by atoms with Crippen LogP contribution in [-0.2, 0) is 6.18 Å². The van der Waals surface area contributed by atoms with Crippen molar-refractivity contribution in [3.8, 4) is 17.1 Å². The van der Waals surface area contributed by atoms with Crippen LogP contribution in [-0.4, -0.2) is 66.3 Å². The van der Waals surface area contributed by atoms with Crippen LogP contribution in [0.3, 0.4) is 0 Å². The third-order valence-corrected chi connectivity index (χ3v) is 6.97. The largest absolute Gasteiger partial charge is 0.507 e. The van der Waals surface area contributed by atoms with E-state index >= 15 is 0 Å². The number of thioether (sulfide) groups is 1. The SMILES string of the molecule is Oc1cc(C(F)(F)F)ccc1-c1nnc(NC2CCCN3CCSCC23)c2nccn12. The molecule has 2 aromatic heterocycles. The number of aromatic nitrogens is 4. The summed E-state index contributed by atoms with van der Waals surface area (Å²) in [6.07, 6.45) is 0.834. The number of halogens is 3. The van der Waals surface area contributed by atoms with Crippen LogP contribution in [0.4, 0.5) is 19.0 Å². The molecule has 2 aliphatic rings. The second-order valence-corrected chi connectivity index (χ2v) is 8.94. The molecule has 0 spiro atoms. The predicted octanol–water partition coefficient (Wildman–Crippen LogP) is 3.51. The Balaban J connectivity index is 1.48. The number of benzene rings is 1.